The maximum absolute atomic E-state index is 11.7. The highest BCUT2D eigenvalue weighted by Crippen LogP contribution is 2.16. The van der Waals surface area contributed by atoms with E-state index >= 15 is 0 Å². The van der Waals surface area contributed by atoms with Crippen LogP contribution in [-0.4, -0.2) is 30.6 Å². The van der Waals surface area contributed by atoms with E-state index in [1.54, 1.807) is 55.9 Å². The largest absolute Gasteiger partial charge is 0.497 e. The predicted molar refractivity (Wildman–Crippen MR) is 87.5 cm³/mol. The van der Waals surface area contributed by atoms with E-state index in [1.807, 2.05) is 0 Å². The Morgan fingerprint density at radius 2 is 1.87 bits per heavy atom. The van der Waals surface area contributed by atoms with Crippen LogP contribution in [-0.2, 0) is 4.79 Å². The quantitative estimate of drug-likeness (QED) is 0.762. The van der Waals surface area contributed by atoms with Gasteiger partial charge in [0.25, 0.3) is 0 Å². The van der Waals surface area contributed by atoms with Crippen molar-refractivity contribution in [1.82, 2.24) is 10.3 Å². The molecule has 0 aliphatic heterocycles. The van der Waals surface area contributed by atoms with E-state index < -0.39 is 0 Å². The molecule has 0 bridgehead atoms. The molecule has 1 heterocycles. The summed E-state index contributed by atoms with van der Waals surface area (Å²) in [5, 5.41) is 8.00. The fraction of sp³-hybridized carbons (Fsp3) is 0.188. The molecule has 0 atom stereocenters. The minimum atomic E-state index is -0.380. The lowest BCUT2D eigenvalue weighted by atomic mass is 10.3. The average Bonchev–Trinajstić information content (AvgIpc) is 2.56. The van der Waals surface area contributed by atoms with Crippen LogP contribution in [0, 0.1) is 0 Å². The molecule has 120 valence electrons. The smallest absolute Gasteiger partial charge is 0.319 e. The molecule has 0 aliphatic rings. The number of benzene rings is 1. The fourth-order valence-electron chi connectivity index (χ4n) is 1.82. The molecule has 7 heteroatoms. The molecular weight excluding hydrogens is 296 g/mol. The molecular formula is C16H18N4O3. The normalized spacial score (nSPS) is 9.78. The number of urea groups is 1. The van der Waals surface area contributed by atoms with Crippen molar-refractivity contribution in [3.05, 3.63) is 48.8 Å². The second-order valence-electron chi connectivity index (χ2n) is 4.65. The van der Waals surface area contributed by atoms with E-state index in [9.17, 15) is 9.59 Å². The van der Waals surface area contributed by atoms with Crippen LogP contribution < -0.4 is 20.7 Å². The zero-order valence-electron chi connectivity index (χ0n) is 12.7. The van der Waals surface area contributed by atoms with Crippen LogP contribution in [0.25, 0.3) is 0 Å². The lowest BCUT2D eigenvalue weighted by Gasteiger charge is -2.09. The van der Waals surface area contributed by atoms with Gasteiger partial charge < -0.3 is 20.7 Å². The molecule has 0 saturated heterocycles. The Labute approximate surface area is 134 Å². The van der Waals surface area contributed by atoms with E-state index in [0.717, 1.165) is 0 Å². The van der Waals surface area contributed by atoms with Crippen molar-refractivity contribution >= 4 is 23.3 Å². The van der Waals surface area contributed by atoms with Gasteiger partial charge in [0, 0.05) is 42.8 Å². The summed E-state index contributed by atoms with van der Waals surface area (Å²) in [7, 11) is 1.56. The van der Waals surface area contributed by atoms with Gasteiger partial charge in [0.2, 0.25) is 5.91 Å². The SMILES string of the molecule is COc1cccc(NC(=O)NCCC(=O)Nc2ccncc2)c1. The third-order valence-electron chi connectivity index (χ3n) is 2.93. The molecule has 2 rings (SSSR count). The van der Waals surface area contributed by atoms with Crippen molar-refractivity contribution in [3.63, 3.8) is 0 Å². The van der Waals surface area contributed by atoms with Crippen LogP contribution in [0.3, 0.4) is 0 Å². The van der Waals surface area contributed by atoms with Gasteiger partial charge in [0.1, 0.15) is 5.75 Å². The van der Waals surface area contributed by atoms with Crippen molar-refractivity contribution in [2.45, 2.75) is 6.42 Å². The predicted octanol–water partition coefficient (Wildman–Crippen LogP) is 2.24. The molecule has 0 saturated carbocycles. The number of carbonyl (C=O) groups excluding carboxylic acids is 2. The van der Waals surface area contributed by atoms with E-state index in [4.69, 9.17) is 4.74 Å². The van der Waals surface area contributed by atoms with Gasteiger partial charge in [-0.15, -0.1) is 0 Å². The standard InChI is InChI=1S/C16H18N4O3/c1-23-14-4-2-3-13(11-14)20-16(22)18-10-7-15(21)19-12-5-8-17-9-6-12/h2-6,8-9,11H,7,10H2,1H3,(H,17,19,21)(H2,18,20,22). The van der Waals surface area contributed by atoms with Gasteiger partial charge in [-0.3, -0.25) is 9.78 Å². The van der Waals surface area contributed by atoms with Crippen molar-refractivity contribution in [1.29, 1.82) is 0 Å². The first-order valence-corrected chi connectivity index (χ1v) is 7.06. The van der Waals surface area contributed by atoms with Crippen molar-refractivity contribution in [2.75, 3.05) is 24.3 Å². The number of amides is 3. The lowest BCUT2D eigenvalue weighted by molar-refractivity contribution is -0.116. The summed E-state index contributed by atoms with van der Waals surface area (Å²) >= 11 is 0. The van der Waals surface area contributed by atoms with E-state index in [2.05, 4.69) is 20.9 Å². The number of aromatic nitrogens is 1. The van der Waals surface area contributed by atoms with E-state index in [0.29, 0.717) is 17.1 Å². The molecule has 1 aromatic heterocycles. The molecule has 1 aromatic carbocycles. The molecule has 0 aliphatic carbocycles. The Kier molecular flexibility index (Phi) is 5.93. The molecule has 7 nitrogen and oxygen atoms in total. The summed E-state index contributed by atoms with van der Waals surface area (Å²) in [6.45, 7) is 0.229. The van der Waals surface area contributed by atoms with Gasteiger partial charge in [-0.1, -0.05) is 6.07 Å². The minimum Gasteiger partial charge on any atom is -0.497 e. The van der Waals surface area contributed by atoms with E-state index in [-0.39, 0.29) is 24.9 Å². The molecule has 0 unspecified atom stereocenters. The second-order valence-corrected chi connectivity index (χ2v) is 4.65. The number of nitrogens with one attached hydrogen (secondary N) is 3. The summed E-state index contributed by atoms with van der Waals surface area (Å²) in [6, 6.07) is 10.0. The highest BCUT2D eigenvalue weighted by molar-refractivity contribution is 5.92. The molecule has 2 aromatic rings. The summed E-state index contributed by atoms with van der Waals surface area (Å²) in [6.07, 6.45) is 3.36. The zero-order valence-corrected chi connectivity index (χ0v) is 12.7. The van der Waals surface area contributed by atoms with Crippen molar-refractivity contribution < 1.29 is 14.3 Å². The highest BCUT2D eigenvalue weighted by atomic mass is 16.5. The van der Waals surface area contributed by atoms with Crippen LogP contribution in [0.4, 0.5) is 16.2 Å². The highest BCUT2D eigenvalue weighted by Gasteiger charge is 2.05. The monoisotopic (exact) mass is 314 g/mol. The Bertz CT molecular complexity index is 661. The maximum Gasteiger partial charge on any atom is 0.319 e. The number of pyridine rings is 1. The fourth-order valence-corrected chi connectivity index (χ4v) is 1.82. The first-order valence-electron chi connectivity index (χ1n) is 7.06. The number of nitrogens with zero attached hydrogens (tertiary/aromatic N) is 1. The number of hydrogen-bond acceptors (Lipinski definition) is 4. The van der Waals surface area contributed by atoms with Crippen LogP contribution in [0.2, 0.25) is 0 Å². The molecule has 0 fully saturated rings. The van der Waals surface area contributed by atoms with Crippen LogP contribution in [0.1, 0.15) is 6.42 Å². The number of hydrogen-bond donors (Lipinski definition) is 3. The number of ether oxygens (including phenoxy) is 1. The summed E-state index contributed by atoms with van der Waals surface area (Å²) < 4.78 is 5.08. The van der Waals surface area contributed by atoms with E-state index in [1.165, 1.54) is 0 Å². The molecule has 0 radical (unpaired) electrons. The van der Waals surface area contributed by atoms with Crippen molar-refractivity contribution in [3.8, 4) is 5.75 Å². The topological polar surface area (TPSA) is 92.4 Å². The van der Waals surface area contributed by atoms with Gasteiger partial charge >= 0.3 is 6.03 Å². The van der Waals surface area contributed by atoms with Crippen LogP contribution in [0.15, 0.2) is 48.8 Å². The van der Waals surface area contributed by atoms with Gasteiger partial charge in [0.05, 0.1) is 7.11 Å². The van der Waals surface area contributed by atoms with Crippen LogP contribution in [0.5, 0.6) is 5.75 Å². The average molecular weight is 314 g/mol. The first kappa shape index (κ1) is 16.3. The summed E-state index contributed by atoms with van der Waals surface area (Å²) in [4.78, 5) is 27.3. The summed E-state index contributed by atoms with van der Waals surface area (Å²) in [5.74, 6) is 0.470. The first-order chi connectivity index (χ1) is 11.2. The summed E-state index contributed by atoms with van der Waals surface area (Å²) in [5.41, 5.74) is 1.29. The third kappa shape index (κ3) is 5.66. The Hall–Kier alpha value is -3.09. The molecule has 23 heavy (non-hydrogen) atoms. The van der Waals surface area contributed by atoms with Gasteiger partial charge in [-0.05, 0) is 24.3 Å². The molecule has 0 spiro atoms. The van der Waals surface area contributed by atoms with Gasteiger partial charge in [-0.2, -0.15) is 0 Å². The second kappa shape index (κ2) is 8.38. The lowest BCUT2D eigenvalue weighted by Crippen LogP contribution is -2.31. The third-order valence-corrected chi connectivity index (χ3v) is 2.93. The van der Waals surface area contributed by atoms with Crippen LogP contribution >= 0.6 is 0 Å². The number of rotatable bonds is 6. The van der Waals surface area contributed by atoms with Gasteiger partial charge in [-0.25, -0.2) is 4.79 Å². The molecule has 3 amide bonds. The molecule has 3 N–H and O–H groups in total. The van der Waals surface area contributed by atoms with Gasteiger partial charge in [0.15, 0.2) is 0 Å². The Morgan fingerprint density at radius 3 is 2.61 bits per heavy atom. The number of carbonyl (C=O) groups is 2. The minimum absolute atomic E-state index is 0.174. The van der Waals surface area contributed by atoms with Crippen molar-refractivity contribution in [2.24, 2.45) is 0 Å². The zero-order chi connectivity index (χ0) is 16.5. The number of methoxy groups -OCH3 is 1. The number of anilines is 2. The Morgan fingerprint density at radius 1 is 1.09 bits per heavy atom. The Balaban J connectivity index is 1.71. The maximum atomic E-state index is 11.7.